The van der Waals surface area contributed by atoms with Crippen molar-refractivity contribution in [2.45, 2.75) is 18.8 Å². The first-order chi connectivity index (χ1) is 8.93. The minimum atomic E-state index is 0. The van der Waals surface area contributed by atoms with E-state index in [1.807, 2.05) is 0 Å². The number of nitrogens with one attached hydrogen (secondary N) is 2. The minimum absolute atomic E-state index is 0. The molecule has 2 aromatic rings. The van der Waals surface area contributed by atoms with Gasteiger partial charge in [-0.05, 0) is 12.8 Å². The molecule has 2 N–H and O–H groups in total. The van der Waals surface area contributed by atoms with Gasteiger partial charge >= 0.3 is 0 Å². The van der Waals surface area contributed by atoms with Crippen LogP contribution >= 0.6 is 24.8 Å². The zero-order valence-electron chi connectivity index (χ0n) is 11.0. The van der Waals surface area contributed by atoms with E-state index in [0.29, 0.717) is 5.92 Å². The molecule has 0 unspecified atom stereocenters. The molecule has 3 heterocycles. The zero-order chi connectivity index (χ0) is 11.9. The van der Waals surface area contributed by atoms with Crippen molar-refractivity contribution < 1.29 is 0 Å². The van der Waals surface area contributed by atoms with Crippen LogP contribution in [-0.4, -0.2) is 46.3 Å². The monoisotopic (exact) mass is 316 g/mol. The number of anilines is 1. The molecule has 0 amide bonds. The van der Waals surface area contributed by atoms with E-state index in [0.717, 1.165) is 43.0 Å². The Morgan fingerprint density at radius 1 is 1.10 bits per heavy atom. The van der Waals surface area contributed by atoms with Crippen molar-refractivity contribution in [2.75, 3.05) is 31.1 Å². The van der Waals surface area contributed by atoms with Gasteiger partial charge in [-0.25, -0.2) is 9.97 Å². The fraction of sp³-hybridized carbons (Fsp3) is 0.583. The van der Waals surface area contributed by atoms with E-state index in [1.54, 1.807) is 6.33 Å². The van der Waals surface area contributed by atoms with Crippen LogP contribution in [0.4, 0.5) is 5.82 Å². The summed E-state index contributed by atoms with van der Waals surface area (Å²) in [4.78, 5) is 11.1. The molecule has 2 aliphatic rings. The Balaban J connectivity index is 0.000000735. The first-order valence-electron chi connectivity index (χ1n) is 6.58. The molecular formula is C12H18Cl2N6. The second-order valence-electron chi connectivity index (χ2n) is 5.04. The van der Waals surface area contributed by atoms with Gasteiger partial charge in [0.25, 0.3) is 0 Å². The predicted octanol–water partition coefficient (Wildman–Crippen LogP) is 1.48. The van der Waals surface area contributed by atoms with Crippen LogP contribution in [0.1, 0.15) is 24.5 Å². The van der Waals surface area contributed by atoms with Gasteiger partial charge in [-0.2, -0.15) is 5.10 Å². The lowest BCUT2D eigenvalue weighted by Crippen LogP contribution is -2.44. The summed E-state index contributed by atoms with van der Waals surface area (Å²) in [6.07, 6.45) is 4.14. The first-order valence-corrected chi connectivity index (χ1v) is 6.58. The molecule has 0 atom stereocenters. The Labute approximate surface area is 129 Å². The highest BCUT2D eigenvalue weighted by atomic mass is 35.5. The molecule has 110 valence electrons. The Kier molecular flexibility index (Phi) is 4.67. The average Bonchev–Trinajstić information content (AvgIpc) is 3.19. The van der Waals surface area contributed by atoms with E-state index in [1.165, 1.54) is 18.5 Å². The highest BCUT2D eigenvalue weighted by Gasteiger charge is 2.30. The Bertz CT molecular complexity index is 576. The number of piperazine rings is 1. The average molecular weight is 317 g/mol. The topological polar surface area (TPSA) is 69.7 Å². The lowest BCUT2D eigenvalue weighted by molar-refractivity contribution is 0.586. The fourth-order valence-corrected chi connectivity index (χ4v) is 2.65. The second-order valence-corrected chi connectivity index (χ2v) is 5.04. The number of H-pyrrole nitrogens is 1. The maximum absolute atomic E-state index is 4.50. The molecule has 0 aromatic carbocycles. The molecule has 1 saturated heterocycles. The van der Waals surface area contributed by atoms with Crippen molar-refractivity contribution in [3.63, 3.8) is 0 Å². The molecule has 1 aliphatic carbocycles. The van der Waals surface area contributed by atoms with Crippen LogP contribution < -0.4 is 10.2 Å². The van der Waals surface area contributed by atoms with Crippen LogP contribution in [0.25, 0.3) is 11.0 Å². The molecular weight excluding hydrogens is 299 g/mol. The number of aromatic amines is 1. The van der Waals surface area contributed by atoms with Crippen molar-refractivity contribution in [1.82, 2.24) is 25.5 Å². The molecule has 6 nitrogen and oxygen atoms in total. The molecule has 0 radical (unpaired) electrons. The molecule has 1 saturated carbocycles. The van der Waals surface area contributed by atoms with E-state index in [-0.39, 0.29) is 24.8 Å². The van der Waals surface area contributed by atoms with Gasteiger partial charge in [0.15, 0.2) is 5.65 Å². The van der Waals surface area contributed by atoms with Gasteiger partial charge in [0.2, 0.25) is 0 Å². The summed E-state index contributed by atoms with van der Waals surface area (Å²) in [6.45, 7) is 4.03. The maximum Gasteiger partial charge on any atom is 0.186 e. The van der Waals surface area contributed by atoms with Crippen LogP contribution in [0.3, 0.4) is 0 Å². The predicted molar refractivity (Wildman–Crippen MR) is 83.2 cm³/mol. The molecule has 4 rings (SSSR count). The number of hydrogen-bond acceptors (Lipinski definition) is 5. The van der Waals surface area contributed by atoms with Gasteiger partial charge in [-0.15, -0.1) is 24.8 Å². The zero-order valence-corrected chi connectivity index (χ0v) is 12.6. The van der Waals surface area contributed by atoms with Crippen molar-refractivity contribution in [2.24, 2.45) is 0 Å². The van der Waals surface area contributed by atoms with Crippen LogP contribution in [0.5, 0.6) is 0 Å². The van der Waals surface area contributed by atoms with Crippen LogP contribution in [0.15, 0.2) is 6.33 Å². The summed E-state index contributed by atoms with van der Waals surface area (Å²) in [5.74, 6) is 1.69. The van der Waals surface area contributed by atoms with E-state index in [4.69, 9.17) is 0 Å². The Hall–Kier alpha value is -1.11. The number of aromatic nitrogens is 4. The third-order valence-electron chi connectivity index (χ3n) is 3.76. The van der Waals surface area contributed by atoms with Gasteiger partial charge < -0.3 is 10.2 Å². The van der Waals surface area contributed by atoms with Crippen molar-refractivity contribution in [1.29, 1.82) is 0 Å². The number of hydrogen-bond donors (Lipinski definition) is 2. The maximum atomic E-state index is 4.50. The Morgan fingerprint density at radius 3 is 2.55 bits per heavy atom. The van der Waals surface area contributed by atoms with Crippen molar-refractivity contribution in [3.8, 4) is 0 Å². The van der Waals surface area contributed by atoms with Crippen LogP contribution in [0, 0.1) is 0 Å². The van der Waals surface area contributed by atoms with Gasteiger partial charge in [-0.1, -0.05) is 0 Å². The van der Waals surface area contributed by atoms with Gasteiger partial charge in [0.1, 0.15) is 12.1 Å². The number of halogens is 2. The largest absolute Gasteiger partial charge is 0.353 e. The quantitative estimate of drug-likeness (QED) is 0.878. The van der Waals surface area contributed by atoms with Crippen molar-refractivity contribution >= 4 is 41.7 Å². The minimum Gasteiger partial charge on any atom is -0.353 e. The van der Waals surface area contributed by atoms with Gasteiger partial charge in [0.05, 0.1) is 11.1 Å². The smallest absolute Gasteiger partial charge is 0.186 e. The molecule has 1 aliphatic heterocycles. The Morgan fingerprint density at radius 2 is 1.85 bits per heavy atom. The van der Waals surface area contributed by atoms with Gasteiger partial charge in [0, 0.05) is 32.1 Å². The lowest BCUT2D eigenvalue weighted by Gasteiger charge is -2.28. The lowest BCUT2D eigenvalue weighted by atomic mass is 10.2. The summed E-state index contributed by atoms with van der Waals surface area (Å²) in [6, 6.07) is 0. The molecule has 20 heavy (non-hydrogen) atoms. The fourth-order valence-electron chi connectivity index (χ4n) is 2.65. The van der Waals surface area contributed by atoms with Crippen molar-refractivity contribution in [3.05, 3.63) is 12.0 Å². The highest BCUT2D eigenvalue weighted by molar-refractivity contribution is 5.90. The SMILES string of the molecule is Cl.Cl.c1nc(N2CCNCC2)c2c(C3CC3)[nH]nc2n1. The third kappa shape index (κ3) is 2.55. The molecule has 2 aromatic heterocycles. The summed E-state index contributed by atoms with van der Waals surface area (Å²) < 4.78 is 0. The molecule has 0 spiro atoms. The molecule has 8 heteroatoms. The number of fused-ring (bicyclic) bond motifs is 1. The number of rotatable bonds is 2. The standard InChI is InChI=1S/C12H16N6.2ClH/c1-2-8(1)10-9-11(17-16-10)14-7-15-12(9)18-5-3-13-4-6-18;;/h7-8,13H,1-6H2,(H,14,15,16,17);2*1H. The van der Waals surface area contributed by atoms with E-state index < -0.39 is 0 Å². The van der Waals surface area contributed by atoms with E-state index in [9.17, 15) is 0 Å². The number of nitrogens with zero attached hydrogens (tertiary/aromatic N) is 4. The normalized spacial score (nSPS) is 18.5. The summed E-state index contributed by atoms with van der Waals surface area (Å²) in [7, 11) is 0. The molecule has 0 bridgehead atoms. The van der Waals surface area contributed by atoms with Gasteiger partial charge in [-0.3, -0.25) is 5.10 Å². The summed E-state index contributed by atoms with van der Waals surface area (Å²) >= 11 is 0. The second kappa shape index (κ2) is 6.11. The van der Waals surface area contributed by atoms with Crippen LogP contribution in [0.2, 0.25) is 0 Å². The van der Waals surface area contributed by atoms with E-state index in [2.05, 4.69) is 30.4 Å². The van der Waals surface area contributed by atoms with Crippen LogP contribution in [-0.2, 0) is 0 Å². The van der Waals surface area contributed by atoms with E-state index >= 15 is 0 Å². The highest BCUT2D eigenvalue weighted by Crippen LogP contribution is 2.43. The molecule has 2 fully saturated rings. The summed E-state index contributed by atoms with van der Waals surface area (Å²) in [5, 5.41) is 12.0. The third-order valence-corrected chi connectivity index (χ3v) is 3.76. The summed E-state index contributed by atoms with van der Waals surface area (Å²) in [5.41, 5.74) is 2.04. The first kappa shape index (κ1) is 15.3.